The SMILES string of the molecule is Cc1ccc(N)cc1C(=O)NCCNC(=O)CC1CCCCC1. The van der Waals surface area contributed by atoms with Gasteiger partial charge in [0.05, 0.1) is 0 Å². The highest BCUT2D eigenvalue weighted by molar-refractivity contribution is 5.96. The predicted molar refractivity (Wildman–Crippen MR) is 92.1 cm³/mol. The van der Waals surface area contributed by atoms with E-state index in [0.717, 1.165) is 5.56 Å². The van der Waals surface area contributed by atoms with Gasteiger partial charge >= 0.3 is 0 Å². The van der Waals surface area contributed by atoms with Crippen LogP contribution in [0.1, 0.15) is 54.4 Å². The van der Waals surface area contributed by atoms with Crippen LogP contribution in [0, 0.1) is 12.8 Å². The van der Waals surface area contributed by atoms with Crippen LogP contribution < -0.4 is 16.4 Å². The van der Waals surface area contributed by atoms with Gasteiger partial charge in [-0.1, -0.05) is 25.3 Å². The number of nitrogens with one attached hydrogen (secondary N) is 2. The molecule has 0 unspecified atom stereocenters. The molecule has 0 aliphatic heterocycles. The molecule has 0 atom stereocenters. The highest BCUT2D eigenvalue weighted by atomic mass is 16.2. The van der Waals surface area contributed by atoms with Crippen LogP contribution in [-0.4, -0.2) is 24.9 Å². The topological polar surface area (TPSA) is 84.2 Å². The smallest absolute Gasteiger partial charge is 0.251 e. The van der Waals surface area contributed by atoms with Gasteiger partial charge in [-0.3, -0.25) is 9.59 Å². The Hall–Kier alpha value is -2.04. The van der Waals surface area contributed by atoms with Crippen molar-refractivity contribution in [2.24, 2.45) is 5.92 Å². The van der Waals surface area contributed by atoms with E-state index in [4.69, 9.17) is 5.73 Å². The van der Waals surface area contributed by atoms with Gasteiger partial charge in [-0.05, 0) is 43.4 Å². The second-order valence-electron chi connectivity index (χ2n) is 6.39. The average Bonchev–Trinajstić information content (AvgIpc) is 2.54. The van der Waals surface area contributed by atoms with Gasteiger partial charge in [0.2, 0.25) is 5.91 Å². The summed E-state index contributed by atoms with van der Waals surface area (Å²) in [7, 11) is 0. The number of benzene rings is 1. The molecule has 4 N–H and O–H groups in total. The van der Waals surface area contributed by atoms with E-state index < -0.39 is 0 Å². The highest BCUT2D eigenvalue weighted by Crippen LogP contribution is 2.25. The molecule has 2 amide bonds. The molecule has 1 aromatic carbocycles. The number of carbonyl (C=O) groups excluding carboxylic acids is 2. The molecule has 126 valence electrons. The Bertz CT molecular complexity index is 551. The molecule has 23 heavy (non-hydrogen) atoms. The first kappa shape index (κ1) is 17.3. The number of nitrogens with two attached hydrogens (primary N) is 1. The molecule has 1 fully saturated rings. The van der Waals surface area contributed by atoms with Crippen LogP contribution in [0.15, 0.2) is 18.2 Å². The summed E-state index contributed by atoms with van der Waals surface area (Å²) < 4.78 is 0. The summed E-state index contributed by atoms with van der Waals surface area (Å²) in [6.07, 6.45) is 6.73. The Morgan fingerprint density at radius 2 is 1.83 bits per heavy atom. The number of rotatable bonds is 6. The first-order valence-electron chi connectivity index (χ1n) is 8.47. The molecule has 1 aromatic rings. The monoisotopic (exact) mass is 317 g/mol. The maximum Gasteiger partial charge on any atom is 0.251 e. The number of carbonyl (C=O) groups is 2. The summed E-state index contributed by atoms with van der Waals surface area (Å²) in [6, 6.07) is 5.28. The fourth-order valence-corrected chi connectivity index (χ4v) is 3.08. The molecule has 0 spiro atoms. The summed E-state index contributed by atoms with van der Waals surface area (Å²) in [6.45, 7) is 2.75. The number of hydrogen-bond donors (Lipinski definition) is 3. The van der Waals surface area contributed by atoms with Crippen LogP contribution in [0.5, 0.6) is 0 Å². The molecule has 1 saturated carbocycles. The fraction of sp³-hybridized carbons (Fsp3) is 0.556. The second kappa shape index (κ2) is 8.56. The zero-order valence-corrected chi connectivity index (χ0v) is 13.9. The van der Waals surface area contributed by atoms with E-state index in [2.05, 4.69) is 10.6 Å². The molecule has 0 saturated heterocycles. The first-order chi connectivity index (χ1) is 11.1. The van der Waals surface area contributed by atoms with Crippen LogP contribution in [0.4, 0.5) is 5.69 Å². The summed E-state index contributed by atoms with van der Waals surface area (Å²) >= 11 is 0. The number of anilines is 1. The molecule has 0 radical (unpaired) electrons. The maximum absolute atomic E-state index is 12.1. The van der Waals surface area contributed by atoms with Crippen molar-refractivity contribution in [1.29, 1.82) is 0 Å². The minimum Gasteiger partial charge on any atom is -0.399 e. The zero-order chi connectivity index (χ0) is 16.7. The lowest BCUT2D eigenvalue weighted by molar-refractivity contribution is -0.122. The van der Waals surface area contributed by atoms with E-state index in [1.165, 1.54) is 32.1 Å². The quantitative estimate of drug-likeness (QED) is 0.556. The third-order valence-electron chi connectivity index (χ3n) is 4.44. The summed E-state index contributed by atoms with van der Waals surface area (Å²) in [5.74, 6) is 0.468. The Labute approximate surface area is 138 Å². The van der Waals surface area contributed by atoms with E-state index in [9.17, 15) is 9.59 Å². The summed E-state index contributed by atoms with van der Waals surface area (Å²) in [4.78, 5) is 24.0. The van der Waals surface area contributed by atoms with Crippen molar-refractivity contribution < 1.29 is 9.59 Å². The van der Waals surface area contributed by atoms with Crippen molar-refractivity contribution in [2.75, 3.05) is 18.8 Å². The average molecular weight is 317 g/mol. The fourth-order valence-electron chi connectivity index (χ4n) is 3.08. The molecular weight excluding hydrogens is 290 g/mol. The van der Waals surface area contributed by atoms with E-state index in [-0.39, 0.29) is 11.8 Å². The van der Waals surface area contributed by atoms with Crippen molar-refractivity contribution >= 4 is 17.5 Å². The Morgan fingerprint density at radius 1 is 1.13 bits per heavy atom. The zero-order valence-electron chi connectivity index (χ0n) is 13.9. The molecule has 0 bridgehead atoms. The van der Waals surface area contributed by atoms with Crippen LogP contribution >= 0.6 is 0 Å². The second-order valence-corrected chi connectivity index (χ2v) is 6.39. The van der Waals surface area contributed by atoms with Gasteiger partial charge in [-0.15, -0.1) is 0 Å². The van der Waals surface area contributed by atoms with Gasteiger partial charge in [0.1, 0.15) is 0 Å². The summed E-state index contributed by atoms with van der Waals surface area (Å²) in [5, 5.41) is 5.70. The molecule has 0 aromatic heterocycles. The van der Waals surface area contributed by atoms with Gasteiger partial charge in [0.15, 0.2) is 0 Å². The predicted octanol–water partition coefficient (Wildman–Crippen LogP) is 2.39. The third-order valence-corrected chi connectivity index (χ3v) is 4.44. The van der Waals surface area contributed by atoms with Crippen molar-refractivity contribution in [3.8, 4) is 0 Å². The maximum atomic E-state index is 12.1. The normalized spacial score (nSPS) is 15.2. The van der Waals surface area contributed by atoms with E-state index in [0.29, 0.717) is 36.7 Å². The van der Waals surface area contributed by atoms with Gasteiger partial charge in [-0.25, -0.2) is 0 Å². The lowest BCUT2D eigenvalue weighted by Gasteiger charge is -2.20. The number of hydrogen-bond acceptors (Lipinski definition) is 3. The lowest BCUT2D eigenvalue weighted by atomic mass is 9.87. The number of nitrogen functional groups attached to an aromatic ring is 1. The van der Waals surface area contributed by atoms with Crippen molar-refractivity contribution in [1.82, 2.24) is 10.6 Å². The molecule has 5 heteroatoms. The van der Waals surface area contributed by atoms with Crippen molar-refractivity contribution in [3.05, 3.63) is 29.3 Å². The lowest BCUT2D eigenvalue weighted by Crippen LogP contribution is -2.35. The van der Waals surface area contributed by atoms with Gasteiger partial charge < -0.3 is 16.4 Å². The third kappa shape index (κ3) is 5.58. The minimum atomic E-state index is -0.156. The number of amides is 2. The molecule has 5 nitrogen and oxygen atoms in total. The number of aryl methyl sites for hydroxylation is 1. The van der Waals surface area contributed by atoms with Crippen LogP contribution in [-0.2, 0) is 4.79 Å². The molecule has 2 rings (SSSR count). The van der Waals surface area contributed by atoms with Gasteiger partial charge in [0, 0.05) is 30.8 Å². The van der Waals surface area contributed by atoms with Crippen LogP contribution in [0.3, 0.4) is 0 Å². The Kier molecular flexibility index (Phi) is 6.44. The molecule has 1 aliphatic carbocycles. The Balaban J connectivity index is 1.67. The minimum absolute atomic E-state index is 0.0892. The van der Waals surface area contributed by atoms with Crippen LogP contribution in [0.25, 0.3) is 0 Å². The van der Waals surface area contributed by atoms with E-state index >= 15 is 0 Å². The standard InChI is InChI=1S/C18H27N3O2/c1-13-7-8-15(19)12-16(13)18(23)21-10-9-20-17(22)11-14-5-3-2-4-6-14/h7-8,12,14H,2-6,9-11,19H2,1H3,(H,20,22)(H,21,23). The van der Waals surface area contributed by atoms with Crippen LogP contribution in [0.2, 0.25) is 0 Å². The largest absolute Gasteiger partial charge is 0.399 e. The van der Waals surface area contributed by atoms with Crippen molar-refractivity contribution in [2.45, 2.75) is 45.4 Å². The highest BCUT2D eigenvalue weighted by Gasteiger charge is 2.16. The summed E-state index contributed by atoms with van der Waals surface area (Å²) in [5.41, 5.74) is 7.75. The van der Waals surface area contributed by atoms with Gasteiger partial charge in [0.25, 0.3) is 5.91 Å². The first-order valence-corrected chi connectivity index (χ1v) is 8.47. The molecule has 0 heterocycles. The molecule has 1 aliphatic rings. The Morgan fingerprint density at radius 3 is 2.57 bits per heavy atom. The molecular formula is C18H27N3O2. The van der Waals surface area contributed by atoms with Crippen molar-refractivity contribution in [3.63, 3.8) is 0 Å². The van der Waals surface area contributed by atoms with E-state index in [1.807, 2.05) is 13.0 Å². The van der Waals surface area contributed by atoms with Gasteiger partial charge in [-0.2, -0.15) is 0 Å². The van der Waals surface area contributed by atoms with E-state index in [1.54, 1.807) is 12.1 Å².